The van der Waals surface area contributed by atoms with Gasteiger partial charge in [-0.1, -0.05) is 29.8 Å². The van der Waals surface area contributed by atoms with E-state index in [-0.39, 0.29) is 17.4 Å². The van der Waals surface area contributed by atoms with Crippen molar-refractivity contribution in [2.24, 2.45) is 0 Å². The molecular formula is C22H20ClN3O2. The number of aromatic nitrogens is 1. The Morgan fingerprint density at radius 1 is 0.857 bits per heavy atom. The molecule has 0 atom stereocenters. The van der Waals surface area contributed by atoms with Gasteiger partial charge in [0.05, 0.1) is 21.8 Å². The molecule has 0 fully saturated rings. The number of nitrogens with zero attached hydrogens (tertiary/aromatic N) is 1. The smallest absolute Gasteiger partial charge is 0.257 e. The lowest BCUT2D eigenvalue weighted by Crippen LogP contribution is -2.17. The summed E-state index contributed by atoms with van der Waals surface area (Å²) < 4.78 is 0. The number of amides is 2. The molecule has 6 heteroatoms. The minimum absolute atomic E-state index is 0.271. The number of benzene rings is 2. The third kappa shape index (κ3) is 4.56. The zero-order valence-electron chi connectivity index (χ0n) is 15.8. The van der Waals surface area contributed by atoms with Crippen molar-refractivity contribution in [2.75, 3.05) is 10.6 Å². The minimum atomic E-state index is -0.383. The SMILES string of the molecule is Cc1cccc(NC(=O)c2cncc(C(=O)Nc3c(C)cc(C)cc3Cl)c2)c1. The molecule has 0 saturated heterocycles. The number of hydrogen-bond acceptors (Lipinski definition) is 3. The summed E-state index contributed by atoms with van der Waals surface area (Å²) in [6.45, 7) is 5.75. The Balaban J connectivity index is 1.79. The second kappa shape index (κ2) is 8.23. The molecule has 0 radical (unpaired) electrons. The first-order valence-corrected chi connectivity index (χ1v) is 9.12. The normalized spacial score (nSPS) is 10.4. The number of nitrogens with one attached hydrogen (secondary N) is 2. The molecular weight excluding hydrogens is 374 g/mol. The molecule has 0 spiro atoms. The van der Waals surface area contributed by atoms with Gasteiger partial charge in [0.2, 0.25) is 0 Å². The molecule has 0 saturated carbocycles. The van der Waals surface area contributed by atoms with Gasteiger partial charge in [0.15, 0.2) is 0 Å². The number of halogens is 1. The fourth-order valence-electron chi connectivity index (χ4n) is 2.87. The van der Waals surface area contributed by atoms with Gasteiger partial charge in [0.25, 0.3) is 11.8 Å². The van der Waals surface area contributed by atoms with Crippen molar-refractivity contribution in [3.8, 4) is 0 Å². The number of carbonyl (C=O) groups is 2. The van der Waals surface area contributed by atoms with Crippen molar-refractivity contribution in [3.63, 3.8) is 0 Å². The number of anilines is 2. The van der Waals surface area contributed by atoms with Crippen LogP contribution in [-0.4, -0.2) is 16.8 Å². The summed E-state index contributed by atoms with van der Waals surface area (Å²) in [6.07, 6.45) is 2.84. The maximum Gasteiger partial charge on any atom is 0.257 e. The van der Waals surface area contributed by atoms with Crippen LogP contribution >= 0.6 is 11.6 Å². The van der Waals surface area contributed by atoms with Crippen LogP contribution in [0.15, 0.2) is 54.9 Å². The molecule has 2 amide bonds. The minimum Gasteiger partial charge on any atom is -0.322 e. The maximum absolute atomic E-state index is 12.6. The van der Waals surface area contributed by atoms with E-state index in [4.69, 9.17) is 11.6 Å². The van der Waals surface area contributed by atoms with Gasteiger partial charge in [0, 0.05) is 18.1 Å². The molecule has 2 N–H and O–H groups in total. The fourth-order valence-corrected chi connectivity index (χ4v) is 3.24. The van der Waals surface area contributed by atoms with Crippen LogP contribution in [0.2, 0.25) is 5.02 Å². The zero-order valence-corrected chi connectivity index (χ0v) is 16.6. The van der Waals surface area contributed by atoms with Crippen molar-refractivity contribution in [1.29, 1.82) is 0 Å². The maximum atomic E-state index is 12.6. The molecule has 142 valence electrons. The highest BCUT2D eigenvalue weighted by molar-refractivity contribution is 6.34. The van der Waals surface area contributed by atoms with Crippen LogP contribution in [0.4, 0.5) is 11.4 Å². The zero-order chi connectivity index (χ0) is 20.3. The molecule has 0 unspecified atom stereocenters. The van der Waals surface area contributed by atoms with Crippen LogP contribution in [0.5, 0.6) is 0 Å². The number of pyridine rings is 1. The summed E-state index contributed by atoms with van der Waals surface area (Å²) in [5.74, 6) is -0.719. The van der Waals surface area contributed by atoms with Crippen LogP contribution in [-0.2, 0) is 0 Å². The van der Waals surface area contributed by atoms with E-state index in [0.29, 0.717) is 22.0 Å². The van der Waals surface area contributed by atoms with E-state index in [2.05, 4.69) is 15.6 Å². The van der Waals surface area contributed by atoms with Crippen molar-refractivity contribution >= 4 is 34.8 Å². The second-order valence-electron chi connectivity index (χ2n) is 6.68. The van der Waals surface area contributed by atoms with Crippen molar-refractivity contribution in [1.82, 2.24) is 4.98 Å². The Hall–Kier alpha value is -3.18. The highest BCUT2D eigenvalue weighted by atomic mass is 35.5. The van der Waals surface area contributed by atoms with E-state index in [9.17, 15) is 9.59 Å². The second-order valence-corrected chi connectivity index (χ2v) is 7.09. The van der Waals surface area contributed by atoms with Crippen LogP contribution < -0.4 is 10.6 Å². The Labute approximate surface area is 168 Å². The summed E-state index contributed by atoms with van der Waals surface area (Å²) in [5.41, 5.74) is 4.70. The van der Waals surface area contributed by atoms with Crippen molar-refractivity contribution in [3.05, 3.63) is 87.7 Å². The van der Waals surface area contributed by atoms with Crippen LogP contribution in [0.3, 0.4) is 0 Å². The summed E-state index contributed by atoms with van der Waals surface area (Å²) in [4.78, 5) is 29.2. The molecule has 0 aliphatic rings. The monoisotopic (exact) mass is 393 g/mol. The third-order valence-electron chi connectivity index (χ3n) is 4.21. The summed E-state index contributed by atoms with van der Waals surface area (Å²) in [5, 5.41) is 6.08. The largest absolute Gasteiger partial charge is 0.322 e. The lowest BCUT2D eigenvalue weighted by molar-refractivity contribution is 0.102. The molecule has 0 aliphatic heterocycles. The lowest BCUT2D eigenvalue weighted by atomic mass is 10.1. The first-order valence-electron chi connectivity index (χ1n) is 8.74. The first kappa shape index (κ1) is 19.6. The molecule has 1 aromatic heterocycles. The molecule has 3 rings (SSSR count). The van der Waals surface area contributed by atoms with E-state index in [1.165, 1.54) is 18.5 Å². The molecule has 1 heterocycles. The number of aryl methyl sites for hydroxylation is 3. The van der Waals surface area contributed by atoms with E-state index in [0.717, 1.165) is 16.7 Å². The van der Waals surface area contributed by atoms with Crippen LogP contribution in [0.25, 0.3) is 0 Å². The Bertz CT molecular complexity index is 1040. The standard InChI is InChI=1S/C22H20ClN3O2/c1-13-5-4-6-18(8-13)25-21(27)16-10-17(12-24-11-16)22(28)26-20-15(3)7-14(2)9-19(20)23/h4-12H,1-3H3,(H,25,27)(H,26,28). The highest BCUT2D eigenvalue weighted by Gasteiger charge is 2.14. The molecule has 5 nitrogen and oxygen atoms in total. The van der Waals surface area contributed by atoms with Gasteiger partial charge in [-0.15, -0.1) is 0 Å². The summed E-state index contributed by atoms with van der Waals surface area (Å²) in [6, 6.07) is 12.7. The highest BCUT2D eigenvalue weighted by Crippen LogP contribution is 2.27. The van der Waals surface area contributed by atoms with Crippen LogP contribution in [0, 0.1) is 20.8 Å². The molecule has 0 bridgehead atoms. The van der Waals surface area contributed by atoms with Gasteiger partial charge < -0.3 is 10.6 Å². The van der Waals surface area contributed by atoms with Gasteiger partial charge in [-0.05, 0) is 61.7 Å². The molecule has 0 aliphatic carbocycles. The predicted molar refractivity (Wildman–Crippen MR) is 112 cm³/mol. The van der Waals surface area contributed by atoms with Gasteiger partial charge in [0.1, 0.15) is 0 Å². The van der Waals surface area contributed by atoms with Crippen LogP contribution in [0.1, 0.15) is 37.4 Å². The third-order valence-corrected chi connectivity index (χ3v) is 4.51. The predicted octanol–water partition coefficient (Wildman–Crippen LogP) is 5.16. The molecule has 2 aromatic carbocycles. The van der Waals surface area contributed by atoms with Gasteiger partial charge in [-0.3, -0.25) is 14.6 Å². The van der Waals surface area contributed by atoms with E-state index in [1.54, 1.807) is 12.1 Å². The molecule has 28 heavy (non-hydrogen) atoms. The number of carbonyl (C=O) groups excluding carboxylic acids is 2. The lowest BCUT2D eigenvalue weighted by Gasteiger charge is -2.12. The topological polar surface area (TPSA) is 71.1 Å². The van der Waals surface area contributed by atoms with E-state index >= 15 is 0 Å². The number of hydrogen-bond donors (Lipinski definition) is 2. The number of rotatable bonds is 4. The summed E-state index contributed by atoms with van der Waals surface area (Å²) in [7, 11) is 0. The average Bonchev–Trinajstić information content (AvgIpc) is 2.64. The summed E-state index contributed by atoms with van der Waals surface area (Å²) >= 11 is 6.26. The quantitative estimate of drug-likeness (QED) is 0.642. The fraction of sp³-hybridized carbons (Fsp3) is 0.136. The first-order chi connectivity index (χ1) is 13.3. The van der Waals surface area contributed by atoms with Crippen molar-refractivity contribution < 1.29 is 9.59 Å². The Kier molecular flexibility index (Phi) is 5.76. The van der Waals surface area contributed by atoms with E-state index in [1.807, 2.05) is 45.0 Å². The van der Waals surface area contributed by atoms with Crippen molar-refractivity contribution in [2.45, 2.75) is 20.8 Å². The Morgan fingerprint density at radius 2 is 1.54 bits per heavy atom. The average molecular weight is 394 g/mol. The van der Waals surface area contributed by atoms with E-state index < -0.39 is 0 Å². The van der Waals surface area contributed by atoms with Gasteiger partial charge in [-0.2, -0.15) is 0 Å². The Morgan fingerprint density at radius 3 is 2.18 bits per heavy atom. The van der Waals surface area contributed by atoms with Gasteiger partial charge >= 0.3 is 0 Å². The van der Waals surface area contributed by atoms with Gasteiger partial charge in [-0.25, -0.2) is 0 Å². The molecule has 3 aromatic rings.